The van der Waals surface area contributed by atoms with Crippen molar-refractivity contribution in [2.24, 2.45) is 0 Å². The van der Waals surface area contributed by atoms with Crippen LogP contribution >= 0.6 is 11.8 Å². The van der Waals surface area contributed by atoms with Crippen molar-refractivity contribution in [1.82, 2.24) is 9.88 Å². The number of nitrogens with one attached hydrogen (secondary N) is 1. The Kier molecular flexibility index (Phi) is 4.66. The third-order valence-electron chi connectivity index (χ3n) is 3.90. The van der Waals surface area contributed by atoms with Gasteiger partial charge in [-0.05, 0) is 39.5 Å². The lowest BCUT2D eigenvalue weighted by atomic mass is 10.1. The maximum Gasteiger partial charge on any atom is 0.0726 e. The van der Waals surface area contributed by atoms with Gasteiger partial charge in [0.2, 0.25) is 0 Å². The first-order chi connectivity index (χ1) is 10.3. The predicted octanol–water partition coefficient (Wildman–Crippen LogP) is 3.74. The molecule has 1 N–H and O–H groups in total. The van der Waals surface area contributed by atoms with Gasteiger partial charge in [0.1, 0.15) is 0 Å². The highest BCUT2D eigenvalue weighted by Gasteiger charge is 2.19. The van der Waals surface area contributed by atoms with Crippen LogP contribution in [-0.2, 0) is 11.5 Å². The maximum atomic E-state index is 4.82. The van der Waals surface area contributed by atoms with Crippen molar-refractivity contribution in [3.63, 3.8) is 0 Å². The van der Waals surface area contributed by atoms with E-state index in [0.29, 0.717) is 0 Å². The summed E-state index contributed by atoms with van der Waals surface area (Å²) >= 11 is 1.97. The lowest BCUT2D eigenvalue weighted by Gasteiger charge is -2.15. The van der Waals surface area contributed by atoms with E-state index >= 15 is 0 Å². The van der Waals surface area contributed by atoms with Gasteiger partial charge in [-0.3, -0.25) is 4.98 Å². The Morgan fingerprint density at radius 3 is 2.90 bits per heavy atom. The second-order valence-corrected chi connectivity index (χ2v) is 6.84. The molecule has 0 bridgehead atoms. The van der Waals surface area contributed by atoms with E-state index in [-0.39, 0.29) is 0 Å². The second kappa shape index (κ2) is 6.67. The number of thioether (sulfide) groups is 1. The molecule has 1 aromatic heterocycles. The average molecular weight is 301 g/mol. The summed E-state index contributed by atoms with van der Waals surface area (Å²) < 4.78 is 0. The lowest BCUT2D eigenvalue weighted by Crippen LogP contribution is -2.14. The standard InChI is InChI=1S/C17H23N3S/c1-20(2)10-6-5-9-18-17-13-7-3-4-8-15(13)19-16-12-21-11-14(16)17/h3-4,7-8H,5-6,9-12H2,1-2H3,(H,18,19). The molecule has 1 aromatic carbocycles. The number of hydrogen-bond acceptors (Lipinski definition) is 4. The first-order valence-corrected chi connectivity index (χ1v) is 8.78. The number of pyridine rings is 1. The zero-order valence-electron chi connectivity index (χ0n) is 12.9. The van der Waals surface area contributed by atoms with Gasteiger partial charge >= 0.3 is 0 Å². The lowest BCUT2D eigenvalue weighted by molar-refractivity contribution is 0.396. The molecule has 2 aromatic rings. The summed E-state index contributed by atoms with van der Waals surface area (Å²) in [6.07, 6.45) is 2.44. The highest BCUT2D eigenvalue weighted by molar-refractivity contribution is 7.98. The quantitative estimate of drug-likeness (QED) is 0.823. The van der Waals surface area contributed by atoms with Crippen LogP contribution in [0.4, 0.5) is 5.69 Å². The summed E-state index contributed by atoms with van der Waals surface area (Å²) in [7, 11) is 4.27. The molecule has 0 atom stereocenters. The fraction of sp³-hybridized carbons (Fsp3) is 0.471. The SMILES string of the molecule is CN(C)CCCCNc1c2c(nc3ccccc13)CSC2. The third-order valence-corrected chi connectivity index (χ3v) is 4.87. The summed E-state index contributed by atoms with van der Waals surface area (Å²) in [5.41, 5.74) is 5.14. The summed E-state index contributed by atoms with van der Waals surface area (Å²) in [5, 5.41) is 4.96. The number of unbranched alkanes of at least 4 members (excludes halogenated alkanes) is 1. The van der Waals surface area contributed by atoms with Crippen molar-refractivity contribution in [2.75, 3.05) is 32.5 Å². The van der Waals surface area contributed by atoms with Crippen molar-refractivity contribution in [1.29, 1.82) is 0 Å². The molecule has 0 fully saturated rings. The Bertz CT molecular complexity index is 625. The minimum atomic E-state index is 1.04. The summed E-state index contributed by atoms with van der Waals surface area (Å²) in [6, 6.07) is 8.49. The maximum absolute atomic E-state index is 4.82. The Morgan fingerprint density at radius 2 is 2.05 bits per heavy atom. The Morgan fingerprint density at radius 1 is 1.19 bits per heavy atom. The number of benzene rings is 1. The number of aromatic nitrogens is 1. The second-order valence-electron chi connectivity index (χ2n) is 5.86. The molecule has 0 radical (unpaired) electrons. The largest absolute Gasteiger partial charge is 0.384 e. The number of anilines is 1. The first-order valence-electron chi connectivity index (χ1n) is 7.62. The molecule has 1 aliphatic heterocycles. The fourth-order valence-electron chi connectivity index (χ4n) is 2.80. The average Bonchev–Trinajstić information content (AvgIpc) is 2.93. The van der Waals surface area contributed by atoms with Gasteiger partial charge in [0.15, 0.2) is 0 Å². The van der Waals surface area contributed by atoms with E-state index in [1.54, 1.807) is 0 Å². The molecular formula is C17H23N3S. The van der Waals surface area contributed by atoms with Crippen LogP contribution in [0.2, 0.25) is 0 Å². The van der Waals surface area contributed by atoms with Crippen LogP contribution in [0.25, 0.3) is 10.9 Å². The van der Waals surface area contributed by atoms with Gasteiger partial charge in [-0.2, -0.15) is 11.8 Å². The minimum Gasteiger partial charge on any atom is -0.384 e. The van der Waals surface area contributed by atoms with Gasteiger partial charge in [-0.25, -0.2) is 0 Å². The van der Waals surface area contributed by atoms with E-state index in [0.717, 1.165) is 30.1 Å². The highest BCUT2D eigenvalue weighted by atomic mass is 32.2. The first kappa shape index (κ1) is 14.7. The molecule has 2 heterocycles. The van der Waals surface area contributed by atoms with E-state index < -0.39 is 0 Å². The third kappa shape index (κ3) is 3.33. The molecule has 0 saturated heterocycles. The Balaban J connectivity index is 1.77. The molecule has 0 amide bonds. The molecule has 112 valence electrons. The van der Waals surface area contributed by atoms with Crippen LogP contribution in [0.3, 0.4) is 0 Å². The van der Waals surface area contributed by atoms with Crippen molar-refractivity contribution >= 4 is 28.4 Å². The van der Waals surface area contributed by atoms with Crippen LogP contribution in [0.5, 0.6) is 0 Å². The van der Waals surface area contributed by atoms with Crippen molar-refractivity contribution < 1.29 is 0 Å². The summed E-state index contributed by atoms with van der Waals surface area (Å²) in [5.74, 6) is 2.14. The molecule has 0 unspecified atom stereocenters. The van der Waals surface area contributed by atoms with Crippen LogP contribution in [0.15, 0.2) is 24.3 Å². The molecule has 1 aliphatic rings. The smallest absolute Gasteiger partial charge is 0.0726 e. The molecular weight excluding hydrogens is 278 g/mol. The molecule has 3 nitrogen and oxygen atoms in total. The van der Waals surface area contributed by atoms with E-state index in [9.17, 15) is 0 Å². The van der Waals surface area contributed by atoms with E-state index in [1.165, 1.54) is 35.2 Å². The number of hydrogen-bond donors (Lipinski definition) is 1. The van der Waals surface area contributed by atoms with Gasteiger partial charge in [-0.1, -0.05) is 18.2 Å². The van der Waals surface area contributed by atoms with Gasteiger partial charge in [0, 0.05) is 34.7 Å². The van der Waals surface area contributed by atoms with Crippen molar-refractivity contribution in [3.05, 3.63) is 35.5 Å². The van der Waals surface area contributed by atoms with Gasteiger partial charge < -0.3 is 10.2 Å². The minimum absolute atomic E-state index is 1.04. The van der Waals surface area contributed by atoms with E-state index in [4.69, 9.17) is 4.98 Å². The molecule has 21 heavy (non-hydrogen) atoms. The molecule has 0 spiro atoms. The van der Waals surface area contributed by atoms with Gasteiger partial charge in [0.25, 0.3) is 0 Å². The van der Waals surface area contributed by atoms with Crippen LogP contribution < -0.4 is 5.32 Å². The van der Waals surface area contributed by atoms with E-state index in [1.807, 2.05) is 11.8 Å². The Hall–Kier alpha value is -1.26. The zero-order valence-corrected chi connectivity index (χ0v) is 13.7. The number of fused-ring (bicyclic) bond motifs is 2. The molecule has 0 saturated carbocycles. The molecule has 4 heteroatoms. The fourth-order valence-corrected chi connectivity index (χ4v) is 3.84. The summed E-state index contributed by atoms with van der Waals surface area (Å²) in [4.78, 5) is 7.06. The number of para-hydroxylation sites is 1. The molecule has 0 aliphatic carbocycles. The van der Waals surface area contributed by atoms with Gasteiger partial charge in [0.05, 0.1) is 11.2 Å². The zero-order chi connectivity index (χ0) is 14.7. The Labute approximate surface area is 131 Å². The summed E-state index contributed by atoms with van der Waals surface area (Å²) in [6.45, 7) is 2.20. The van der Waals surface area contributed by atoms with Crippen molar-refractivity contribution in [3.8, 4) is 0 Å². The van der Waals surface area contributed by atoms with Crippen LogP contribution in [-0.4, -0.2) is 37.1 Å². The highest BCUT2D eigenvalue weighted by Crippen LogP contribution is 2.37. The number of rotatable bonds is 6. The normalized spacial score (nSPS) is 13.9. The topological polar surface area (TPSA) is 28.2 Å². The number of nitrogens with zero attached hydrogens (tertiary/aromatic N) is 2. The van der Waals surface area contributed by atoms with Crippen molar-refractivity contribution in [2.45, 2.75) is 24.3 Å². The monoisotopic (exact) mass is 301 g/mol. The van der Waals surface area contributed by atoms with Gasteiger partial charge in [-0.15, -0.1) is 0 Å². The van der Waals surface area contributed by atoms with E-state index in [2.05, 4.69) is 48.6 Å². The predicted molar refractivity (Wildman–Crippen MR) is 93.0 cm³/mol. The molecule has 3 rings (SSSR count). The van der Waals surface area contributed by atoms with Crippen LogP contribution in [0.1, 0.15) is 24.1 Å². The van der Waals surface area contributed by atoms with Crippen LogP contribution in [0, 0.1) is 0 Å².